The maximum Gasteiger partial charge on any atom is 0.407 e. The molecule has 0 bridgehead atoms. The molecule has 2 aromatic rings. The number of primary amides is 1. The van der Waals surface area contributed by atoms with E-state index in [9.17, 15) is 9.59 Å². The van der Waals surface area contributed by atoms with Crippen LogP contribution in [0.3, 0.4) is 0 Å². The van der Waals surface area contributed by atoms with Gasteiger partial charge in [-0.1, -0.05) is 30.3 Å². The molecule has 1 aromatic carbocycles. The van der Waals surface area contributed by atoms with Crippen molar-refractivity contribution < 1.29 is 14.3 Å². The normalized spacial score (nSPS) is 14.5. The number of nitrogens with one attached hydrogen (secondary N) is 1. The lowest BCUT2D eigenvalue weighted by atomic mass is 9.93. The largest absolute Gasteiger partial charge is 0.439 e. The molecular weight excluding hydrogens is 356 g/mol. The molecule has 28 heavy (non-hydrogen) atoms. The standard InChI is InChI=1S/C21H26N4O3/c22-19(26)15-28-21(27)24-10-6-16-8-12-25(13-9-16)20-14-18(7-11-23-20)17-4-2-1-3-5-17/h1-5,7,11,14,16H,6,8-10,12-13,15H2,(H2,22,26)(H,24,27). The van der Waals surface area contributed by atoms with Crippen molar-refractivity contribution in [2.45, 2.75) is 19.3 Å². The minimum Gasteiger partial charge on any atom is -0.439 e. The number of hydrogen-bond acceptors (Lipinski definition) is 5. The fraction of sp³-hybridized carbons (Fsp3) is 0.381. The predicted molar refractivity (Wildman–Crippen MR) is 108 cm³/mol. The highest BCUT2D eigenvalue weighted by Gasteiger charge is 2.20. The quantitative estimate of drug-likeness (QED) is 0.767. The van der Waals surface area contributed by atoms with Crippen LogP contribution in [0.4, 0.5) is 10.6 Å². The van der Waals surface area contributed by atoms with Gasteiger partial charge in [-0.05, 0) is 48.4 Å². The third-order valence-electron chi connectivity index (χ3n) is 4.96. The summed E-state index contributed by atoms with van der Waals surface area (Å²) in [6.45, 7) is 2.04. The summed E-state index contributed by atoms with van der Waals surface area (Å²) in [4.78, 5) is 28.9. The van der Waals surface area contributed by atoms with E-state index in [1.165, 1.54) is 11.1 Å². The summed E-state index contributed by atoms with van der Waals surface area (Å²) in [5, 5.41) is 2.66. The summed E-state index contributed by atoms with van der Waals surface area (Å²) < 4.78 is 4.67. The third kappa shape index (κ3) is 5.70. The molecular formula is C21H26N4O3. The minimum absolute atomic E-state index is 0.390. The number of ether oxygens (including phenoxy) is 1. The molecule has 2 amide bonds. The molecule has 0 saturated carbocycles. The highest BCUT2D eigenvalue weighted by atomic mass is 16.6. The molecule has 3 rings (SSSR count). The molecule has 7 heteroatoms. The van der Waals surface area contributed by atoms with Crippen LogP contribution in [-0.2, 0) is 9.53 Å². The van der Waals surface area contributed by atoms with Gasteiger partial charge in [0.05, 0.1) is 0 Å². The molecule has 3 N–H and O–H groups in total. The number of hydrogen-bond donors (Lipinski definition) is 2. The van der Waals surface area contributed by atoms with E-state index in [1.807, 2.05) is 30.5 Å². The first kappa shape index (κ1) is 19.7. The van der Waals surface area contributed by atoms with Gasteiger partial charge >= 0.3 is 6.09 Å². The molecule has 0 atom stereocenters. The van der Waals surface area contributed by atoms with Crippen LogP contribution in [0.2, 0.25) is 0 Å². The van der Waals surface area contributed by atoms with Crippen molar-refractivity contribution in [1.29, 1.82) is 0 Å². The molecule has 0 aliphatic carbocycles. The number of nitrogens with two attached hydrogens (primary N) is 1. The fourth-order valence-corrected chi connectivity index (χ4v) is 3.42. The number of benzene rings is 1. The van der Waals surface area contributed by atoms with E-state index in [-0.39, 0.29) is 6.61 Å². The Morgan fingerprint density at radius 3 is 2.61 bits per heavy atom. The van der Waals surface area contributed by atoms with E-state index in [0.29, 0.717) is 12.5 Å². The summed E-state index contributed by atoms with van der Waals surface area (Å²) in [7, 11) is 0. The Morgan fingerprint density at radius 2 is 1.89 bits per heavy atom. The SMILES string of the molecule is NC(=O)COC(=O)NCCC1CCN(c2cc(-c3ccccc3)ccn2)CC1. The van der Waals surface area contributed by atoms with Crippen molar-refractivity contribution in [1.82, 2.24) is 10.3 Å². The zero-order valence-electron chi connectivity index (χ0n) is 15.8. The Balaban J connectivity index is 1.44. The van der Waals surface area contributed by atoms with Crippen molar-refractivity contribution in [3.05, 3.63) is 48.7 Å². The van der Waals surface area contributed by atoms with Crippen LogP contribution < -0.4 is 16.0 Å². The summed E-state index contributed by atoms with van der Waals surface area (Å²) in [5.41, 5.74) is 7.30. The van der Waals surface area contributed by atoms with Gasteiger partial charge in [-0.25, -0.2) is 9.78 Å². The molecule has 148 valence electrons. The second-order valence-electron chi connectivity index (χ2n) is 6.96. The van der Waals surface area contributed by atoms with Crippen molar-refractivity contribution in [3.63, 3.8) is 0 Å². The fourth-order valence-electron chi connectivity index (χ4n) is 3.42. The number of alkyl carbamates (subject to hydrolysis) is 1. The molecule has 1 aromatic heterocycles. The summed E-state index contributed by atoms with van der Waals surface area (Å²) >= 11 is 0. The predicted octanol–water partition coefficient (Wildman–Crippen LogP) is 2.57. The number of rotatable bonds is 7. The molecule has 0 radical (unpaired) electrons. The van der Waals surface area contributed by atoms with Gasteiger partial charge in [0.1, 0.15) is 5.82 Å². The van der Waals surface area contributed by atoms with E-state index >= 15 is 0 Å². The van der Waals surface area contributed by atoms with Crippen molar-refractivity contribution in [2.24, 2.45) is 11.7 Å². The lowest BCUT2D eigenvalue weighted by molar-refractivity contribution is -0.120. The molecule has 2 heterocycles. The Labute approximate surface area is 164 Å². The van der Waals surface area contributed by atoms with Crippen molar-refractivity contribution in [3.8, 4) is 11.1 Å². The van der Waals surface area contributed by atoms with Crippen LogP contribution >= 0.6 is 0 Å². The average Bonchev–Trinajstić information content (AvgIpc) is 2.73. The molecule has 7 nitrogen and oxygen atoms in total. The van der Waals surface area contributed by atoms with Crippen molar-refractivity contribution in [2.75, 3.05) is 31.1 Å². The number of anilines is 1. The number of amides is 2. The lowest BCUT2D eigenvalue weighted by Crippen LogP contribution is -2.36. The summed E-state index contributed by atoms with van der Waals surface area (Å²) in [6, 6.07) is 14.5. The smallest absolute Gasteiger partial charge is 0.407 e. The first-order valence-electron chi connectivity index (χ1n) is 9.57. The van der Waals surface area contributed by atoms with Crippen LogP contribution in [-0.4, -0.2) is 43.2 Å². The first-order chi connectivity index (χ1) is 13.6. The van der Waals surface area contributed by atoms with Gasteiger partial charge in [-0.2, -0.15) is 0 Å². The minimum atomic E-state index is -0.660. The number of nitrogens with zero attached hydrogens (tertiary/aromatic N) is 2. The molecule has 0 unspecified atom stereocenters. The van der Waals surface area contributed by atoms with Crippen LogP contribution in [0.15, 0.2) is 48.7 Å². The number of aromatic nitrogens is 1. The second-order valence-corrected chi connectivity index (χ2v) is 6.96. The summed E-state index contributed by atoms with van der Waals surface area (Å²) in [6.07, 6.45) is 4.26. The van der Waals surface area contributed by atoms with E-state index in [4.69, 9.17) is 5.73 Å². The highest BCUT2D eigenvalue weighted by Crippen LogP contribution is 2.27. The molecule has 1 aliphatic rings. The Hall–Kier alpha value is -3.09. The van der Waals surface area contributed by atoms with Gasteiger partial charge in [-0.15, -0.1) is 0 Å². The van der Waals surface area contributed by atoms with E-state index in [1.54, 1.807) is 0 Å². The summed E-state index contributed by atoms with van der Waals surface area (Å²) in [5.74, 6) is 0.894. The second kappa shape index (κ2) is 9.73. The topological polar surface area (TPSA) is 97.6 Å². The van der Waals surface area contributed by atoms with Gasteiger partial charge in [-0.3, -0.25) is 4.79 Å². The maximum atomic E-state index is 11.4. The highest BCUT2D eigenvalue weighted by molar-refractivity contribution is 5.78. The van der Waals surface area contributed by atoms with Gasteiger partial charge in [0.15, 0.2) is 6.61 Å². The molecule has 0 spiro atoms. The van der Waals surface area contributed by atoms with Gasteiger partial charge in [0.2, 0.25) is 0 Å². The van der Waals surface area contributed by atoms with Crippen molar-refractivity contribution >= 4 is 17.8 Å². The molecule has 1 saturated heterocycles. The Bertz CT molecular complexity index is 789. The third-order valence-corrected chi connectivity index (χ3v) is 4.96. The van der Waals surface area contributed by atoms with Gasteiger partial charge < -0.3 is 20.7 Å². The number of piperidine rings is 1. The Morgan fingerprint density at radius 1 is 1.14 bits per heavy atom. The zero-order valence-corrected chi connectivity index (χ0v) is 15.8. The Kier molecular flexibility index (Phi) is 6.84. The number of pyridine rings is 1. The molecule has 1 aliphatic heterocycles. The van der Waals surface area contributed by atoms with E-state index < -0.39 is 12.0 Å². The van der Waals surface area contributed by atoms with Crippen LogP contribution in [0.25, 0.3) is 11.1 Å². The number of carbonyl (C=O) groups is 2. The van der Waals surface area contributed by atoms with E-state index in [0.717, 1.165) is 38.2 Å². The van der Waals surface area contributed by atoms with Crippen LogP contribution in [0, 0.1) is 5.92 Å². The zero-order chi connectivity index (χ0) is 19.8. The van der Waals surface area contributed by atoms with Gasteiger partial charge in [0.25, 0.3) is 5.91 Å². The molecule has 1 fully saturated rings. The van der Waals surface area contributed by atoms with Gasteiger partial charge in [0, 0.05) is 25.8 Å². The maximum absolute atomic E-state index is 11.4. The van der Waals surface area contributed by atoms with E-state index in [2.05, 4.69) is 38.1 Å². The number of carbonyl (C=O) groups excluding carboxylic acids is 2. The lowest BCUT2D eigenvalue weighted by Gasteiger charge is -2.33. The van der Waals surface area contributed by atoms with Crippen LogP contribution in [0.5, 0.6) is 0 Å². The van der Waals surface area contributed by atoms with Crippen LogP contribution in [0.1, 0.15) is 19.3 Å². The monoisotopic (exact) mass is 382 g/mol. The first-order valence-corrected chi connectivity index (χ1v) is 9.57. The average molecular weight is 382 g/mol.